The smallest absolute Gasteiger partial charge is 0.268 e. The zero-order valence-corrected chi connectivity index (χ0v) is 23.2. The summed E-state index contributed by atoms with van der Waals surface area (Å²) in [6, 6.07) is 4.98. The molecule has 0 radical (unpaired) electrons. The van der Waals surface area contributed by atoms with Crippen molar-refractivity contribution in [3.8, 4) is 11.7 Å². The first-order valence-corrected chi connectivity index (χ1v) is 13.7. The molecule has 1 atom stereocenters. The minimum absolute atomic E-state index is 0.0163. The van der Waals surface area contributed by atoms with Gasteiger partial charge in [-0.1, -0.05) is 27.7 Å². The molecule has 4 heterocycles. The molecule has 1 fully saturated rings. The van der Waals surface area contributed by atoms with E-state index in [1.165, 1.54) is 6.20 Å². The van der Waals surface area contributed by atoms with Crippen LogP contribution in [0.3, 0.4) is 0 Å². The third kappa shape index (κ3) is 5.79. The lowest BCUT2D eigenvalue weighted by atomic mass is 9.97. The molecule has 3 aromatic rings. The maximum Gasteiger partial charge on any atom is 0.268 e. The van der Waals surface area contributed by atoms with E-state index < -0.39 is 15.9 Å². The van der Waals surface area contributed by atoms with Crippen molar-refractivity contribution in [3.05, 3.63) is 41.9 Å². The van der Waals surface area contributed by atoms with Gasteiger partial charge in [0, 0.05) is 24.3 Å². The van der Waals surface area contributed by atoms with Crippen molar-refractivity contribution < 1.29 is 17.9 Å². The summed E-state index contributed by atoms with van der Waals surface area (Å²) < 4.78 is 35.3. The number of nitrogens with one attached hydrogen (secondary N) is 2. The predicted octanol–water partition coefficient (Wildman–Crippen LogP) is 3.47. The number of amides is 1. The van der Waals surface area contributed by atoms with E-state index in [0.29, 0.717) is 42.3 Å². The van der Waals surface area contributed by atoms with E-state index in [9.17, 15) is 13.2 Å². The highest BCUT2D eigenvalue weighted by molar-refractivity contribution is 7.90. The van der Waals surface area contributed by atoms with Gasteiger partial charge < -0.3 is 9.64 Å². The molecule has 12 heteroatoms. The number of aryl methyl sites for hydroxylation is 1. The standard InChI is InChI=1S/C25H35N7O4S/c1-16-12-25(6,7)31(14-16)22-18(23(33)30-37(34,35)19-13-26-28-17(19)2)8-9-20(27-22)32-11-10-21(29-32)36-15-24(3,4)5/h8-11,13,16H,12,14-15H2,1-7H3,(H,26,28)(H,30,33)/t16-/m0/s1. The third-order valence-electron chi connectivity index (χ3n) is 6.19. The van der Waals surface area contributed by atoms with E-state index in [2.05, 4.69) is 66.5 Å². The van der Waals surface area contributed by atoms with E-state index in [1.54, 1.807) is 36.0 Å². The van der Waals surface area contributed by atoms with Crippen LogP contribution in [-0.2, 0) is 10.0 Å². The number of pyridine rings is 1. The lowest BCUT2D eigenvalue weighted by molar-refractivity contribution is 0.0981. The van der Waals surface area contributed by atoms with Gasteiger partial charge in [-0.3, -0.25) is 9.89 Å². The number of nitrogens with zero attached hydrogens (tertiary/aromatic N) is 5. The van der Waals surface area contributed by atoms with Gasteiger partial charge in [-0.25, -0.2) is 22.8 Å². The summed E-state index contributed by atoms with van der Waals surface area (Å²) in [6.07, 6.45) is 3.82. The highest BCUT2D eigenvalue weighted by Crippen LogP contribution is 2.37. The molecule has 0 aliphatic carbocycles. The zero-order valence-electron chi connectivity index (χ0n) is 22.4. The van der Waals surface area contributed by atoms with Gasteiger partial charge in [0.2, 0.25) is 5.88 Å². The second kappa shape index (κ2) is 9.47. The molecule has 4 rings (SSSR count). The molecule has 0 spiro atoms. The van der Waals surface area contributed by atoms with Gasteiger partial charge in [0.1, 0.15) is 10.7 Å². The highest BCUT2D eigenvalue weighted by atomic mass is 32.2. The number of carbonyl (C=O) groups is 1. The van der Waals surface area contributed by atoms with Crippen LogP contribution in [-0.4, -0.2) is 58.0 Å². The fourth-order valence-corrected chi connectivity index (χ4v) is 5.66. The first-order chi connectivity index (χ1) is 17.2. The molecular formula is C25H35N7O4S. The Labute approximate surface area is 217 Å². The van der Waals surface area contributed by atoms with Crippen molar-refractivity contribution in [1.82, 2.24) is 29.7 Å². The lowest BCUT2D eigenvalue weighted by Gasteiger charge is -2.34. The molecule has 200 valence electrons. The molecule has 1 saturated heterocycles. The van der Waals surface area contributed by atoms with Gasteiger partial charge in [-0.2, -0.15) is 5.10 Å². The van der Waals surface area contributed by atoms with Crippen LogP contribution in [0.15, 0.2) is 35.5 Å². The predicted molar refractivity (Wildman–Crippen MR) is 139 cm³/mol. The average molecular weight is 530 g/mol. The molecule has 1 aliphatic rings. The Morgan fingerprint density at radius 1 is 1.27 bits per heavy atom. The second-order valence-electron chi connectivity index (χ2n) is 11.5. The number of aromatic nitrogens is 5. The number of H-pyrrole nitrogens is 1. The highest BCUT2D eigenvalue weighted by Gasteiger charge is 2.39. The monoisotopic (exact) mass is 529 g/mol. The van der Waals surface area contributed by atoms with Crippen LogP contribution in [0.2, 0.25) is 0 Å². The van der Waals surface area contributed by atoms with Crippen LogP contribution >= 0.6 is 0 Å². The Morgan fingerprint density at radius 2 is 2.00 bits per heavy atom. The van der Waals surface area contributed by atoms with Gasteiger partial charge in [0.05, 0.1) is 24.1 Å². The minimum Gasteiger partial charge on any atom is -0.476 e. The Hall–Kier alpha value is -3.41. The fraction of sp³-hybridized carbons (Fsp3) is 0.520. The Balaban J connectivity index is 1.70. The number of hydrogen-bond acceptors (Lipinski definition) is 8. The van der Waals surface area contributed by atoms with Crippen molar-refractivity contribution in [3.63, 3.8) is 0 Å². The summed E-state index contributed by atoms with van der Waals surface area (Å²) in [5.41, 5.74) is 0.196. The fourth-order valence-electron chi connectivity index (χ4n) is 4.55. The summed E-state index contributed by atoms with van der Waals surface area (Å²) in [4.78, 5) is 20.1. The minimum atomic E-state index is -4.13. The number of ether oxygens (including phenoxy) is 1. The van der Waals surface area contributed by atoms with Crippen molar-refractivity contribution in [1.29, 1.82) is 0 Å². The van der Waals surface area contributed by atoms with Crippen molar-refractivity contribution in [2.45, 2.75) is 65.3 Å². The maximum absolute atomic E-state index is 13.3. The van der Waals surface area contributed by atoms with Crippen molar-refractivity contribution in [2.75, 3.05) is 18.1 Å². The summed E-state index contributed by atoms with van der Waals surface area (Å²) in [5, 5.41) is 10.8. The second-order valence-corrected chi connectivity index (χ2v) is 13.2. The Bertz CT molecular complexity index is 1400. The largest absolute Gasteiger partial charge is 0.476 e. The number of aromatic amines is 1. The molecule has 0 aromatic carbocycles. The molecule has 0 bridgehead atoms. The lowest BCUT2D eigenvalue weighted by Crippen LogP contribution is -2.41. The van der Waals surface area contributed by atoms with Crippen LogP contribution in [0.5, 0.6) is 5.88 Å². The van der Waals surface area contributed by atoms with E-state index >= 15 is 0 Å². The molecule has 11 nitrogen and oxygen atoms in total. The van der Waals surface area contributed by atoms with Crippen LogP contribution < -0.4 is 14.4 Å². The van der Waals surface area contributed by atoms with Gasteiger partial charge in [0.25, 0.3) is 15.9 Å². The van der Waals surface area contributed by atoms with Crippen molar-refractivity contribution in [2.24, 2.45) is 11.3 Å². The maximum atomic E-state index is 13.3. The first-order valence-electron chi connectivity index (χ1n) is 12.2. The number of rotatable bonds is 7. The van der Waals surface area contributed by atoms with E-state index in [0.717, 1.165) is 6.42 Å². The van der Waals surface area contributed by atoms with Crippen molar-refractivity contribution >= 4 is 21.7 Å². The molecule has 0 unspecified atom stereocenters. The topological polar surface area (TPSA) is 135 Å². The van der Waals surface area contributed by atoms with Crippen LogP contribution in [0.25, 0.3) is 5.82 Å². The third-order valence-corrected chi connectivity index (χ3v) is 7.63. The number of hydrogen-bond donors (Lipinski definition) is 2. The Morgan fingerprint density at radius 3 is 2.59 bits per heavy atom. The average Bonchev–Trinajstić information content (AvgIpc) is 3.49. The molecule has 37 heavy (non-hydrogen) atoms. The molecule has 1 amide bonds. The number of carbonyl (C=O) groups excluding carboxylic acids is 1. The molecule has 1 aliphatic heterocycles. The van der Waals surface area contributed by atoms with Gasteiger partial charge in [-0.05, 0) is 50.7 Å². The summed E-state index contributed by atoms with van der Waals surface area (Å²) in [6.45, 7) is 15.3. The zero-order chi connectivity index (χ0) is 27.2. The van der Waals surface area contributed by atoms with Gasteiger partial charge in [0.15, 0.2) is 5.82 Å². The van der Waals surface area contributed by atoms with Crippen LogP contribution in [0, 0.1) is 18.3 Å². The SMILES string of the molecule is Cc1[nH]ncc1S(=O)(=O)NC(=O)c1ccc(-n2ccc(OCC(C)(C)C)n2)nc1N1C[C@@H](C)CC1(C)C. The van der Waals surface area contributed by atoms with Gasteiger partial charge in [-0.15, -0.1) is 5.10 Å². The molecule has 3 aromatic heterocycles. The van der Waals surface area contributed by atoms with Gasteiger partial charge >= 0.3 is 0 Å². The number of sulfonamides is 1. The molecule has 2 N–H and O–H groups in total. The molecular weight excluding hydrogens is 494 g/mol. The van der Waals surface area contributed by atoms with E-state index in [-0.39, 0.29) is 21.4 Å². The number of anilines is 1. The quantitative estimate of drug-likeness (QED) is 0.475. The Kier molecular flexibility index (Phi) is 6.82. The first kappa shape index (κ1) is 26.6. The van der Waals surface area contributed by atoms with Crippen LogP contribution in [0.4, 0.5) is 5.82 Å². The molecule has 0 saturated carbocycles. The van der Waals surface area contributed by atoms with E-state index in [1.807, 2.05) is 0 Å². The normalized spacial score (nSPS) is 17.7. The summed E-state index contributed by atoms with van der Waals surface area (Å²) in [5.74, 6) is 0.962. The van der Waals surface area contributed by atoms with E-state index in [4.69, 9.17) is 9.72 Å². The summed E-state index contributed by atoms with van der Waals surface area (Å²) >= 11 is 0. The van der Waals surface area contributed by atoms with Crippen LogP contribution in [0.1, 0.15) is 64.0 Å². The summed E-state index contributed by atoms with van der Waals surface area (Å²) in [7, 11) is -4.13.